The third-order valence-corrected chi connectivity index (χ3v) is 1.77. The molecule has 0 heterocycles. The molecular formula is C10H18Na2O4. The fourth-order valence-corrected chi connectivity index (χ4v) is 1.08. The molecule has 0 fully saturated rings. The van der Waals surface area contributed by atoms with E-state index in [1.807, 2.05) is 0 Å². The number of carboxylic acid groups (broad SMARTS) is 2. The van der Waals surface area contributed by atoms with Crippen LogP contribution < -0.4 is 59.1 Å². The number of unbranched alkanes of at least 4 members (excludes halogenated alkanes) is 4. The molecule has 0 saturated carbocycles. The number of carboxylic acids is 2. The molecule has 4 nitrogen and oxygen atoms in total. The summed E-state index contributed by atoms with van der Waals surface area (Å²) in [6, 6.07) is 0. The molecule has 0 unspecified atom stereocenters. The first-order chi connectivity index (χ1) is 6.63. The summed E-state index contributed by atoms with van der Waals surface area (Å²) >= 11 is 0. The summed E-state index contributed by atoms with van der Waals surface area (Å²) in [7, 11) is 0. The smallest absolute Gasteiger partial charge is 1.00 e. The molecule has 0 bridgehead atoms. The van der Waals surface area contributed by atoms with Crippen LogP contribution in [-0.2, 0) is 9.59 Å². The Morgan fingerprint density at radius 3 is 2.06 bits per heavy atom. The van der Waals surface area contributed by atoms with Crippen molar-refractivity contribution in [1.82, 2.24) is 0 Å². The van der Waals surface area contributed by atoms with E-state index < -0.39 is 11.9 Å². The normalized spacial score (nSPS) is 9.25. The van der Waals surface area contributed by atoms with E-state index in [-0.39, 0.29) is 68.4 Å². The standard InChI is InChI=1S/C10H16O4.2Na.2H/c11-9(12)7-5-3-1-2-4-6-8-10(13)14;;;;/h5,7H,1-4,6,8H2,(H,11,12)(H,13,14);;;;/q;2*+1;2*-1. The van der Waals surface area contributed by atoms with Crippen LogP contribution in [0, 0.1) is 0 Å². The second-order valence-corrected chi connectivity index (χ2v) is 3.09. The van der Waals surface area contributed by atoms with Gasteiger partial charge >= 0.3 is 71.1 Å². The van der Waals surface area contributed by atoms with Crippen LogP contribution in [0.4, 0.5) is 0 Å². The molecule has 0 aromatic rings. The van der Waals surface area contributed by atoms with Crippen LogP contribution in [-0.4, -0.2) is 22.2 Å². The number of carbonyl (C=O) groups is 2. The zero-order chi connectivity index (χ0) is 10.8. The Hall–Kier alpha value is 0.680. The maximum absolute atomic E-state index is 10.1. The minimum absolute atomic E-state index is 0. The first kappa shape index (κ1) is 21.9. The van der Waals surface area contributed by atoms with Crippen molar-refractivity contribution in [3.05, 3.63) is 12.2 Å². The Bertz CT molecular complexity index is 226. The Morgan fingerprint density at radius 1 is 1.00 bits per heavy atom. The molecule has 0 atom stereocenters. The molecule has 0 aliphatic heterocycles. The van der Waals surface area contributed by atoms with Gasteiger partial charge in [0.15, 0.2) is 0 Å². The van der Waals surface area contributed by atoms with Gasteiger partial charge in [0.05, 0.1) is 0 Å². The SMILES string of the molecule is O=C(O)C=CCCCCCCC(=O)O.[H-].[H-].[Na+].[Na+]. The summed E-state index contributed by atoms with van der Waals surface area (Å²) in [5.74, 6) is -1.67. The predicted molar refractivity (Wildman–Crippen MR) is 54.3 cm³/mol. The van der Waals surface area contributed by atoms with Crippen LogP contribution in [0.2, 0.25) is 0 Å². The molecule has 0 aromatic heterocycles. The van der Waals surface area contributed by atoms with Crippen molar-refractivity contribution in [2.45, 2.75) is 38.5 Å². The minimum Gasteiger partial charge on any atom is -1.00 e. The second-order valence-electron chi connectivity index (χ2n) is 3.09. The van der Waals surface area contributed by atoms with Crippen LogP contribution in [0.5, 0.6) is 0 Å². The maximum Gasteiger partial charge on any atom is 1.00 e. The molecule has 0 rings (SSSR count). The van der Waals surface area contributed by atoms with Crippen LogP contribution >= 0.6 is 0 Å². The van der Waals surface area contributed by atoms with E-state index in [1.54, 1.807) is 6.08 Å². The summed E-state index contributed by atoms with van der Waals surface area (Å²) in [6.07, 6.45) is 7.22. The molecule has 0 aliphatic carbocycles. The molecule has 0 spiro atoms. The maximum atomic E-state index is 10.1. The van der Waals surface area contributed by atoms with Gasteiger partial charge in [0.25, 0.3) is 0 Å². The number of allylic oxidation sites excluding steroid dienone is 1. The van der Waals surface area contributed by atoms with E-state index in [0.717, 1.165) is 31.8 Å². The van der Waals surface area contributed by atoms with Crippen molar-refractivity contribution in [2.24, 2.45) is 0 Å². The Morgan fingerprint density at radius 2 is 1.56 bits per heavy atom. The second kappa shape index (κ2) is 15.7. The van der Waals surface area contributed by atoms with E-state index in [1.165, 1.54) is 0 Å². The summed E-state index contributed by atoms with van der Waals surface area (Å²) < 4.78 is 0. The summed E-state index contributed by atoms with van der Waals surface area (Å²) in [6.45, 7) is 0. The van der Waals surface area contributed by atoms with E-state index >= 15 is 0 Å². The number of hydrogen-bond acceptors (Lipinski definition) is 2. The minimum atomic E-state index is -0.920. The van der Waals surface area contributed by atoms with Gasteiger partial charge < -0.3 is 13.1 Å². The summed E-state index contributed by atoms with van der Waals surface area (Å²) in [5.41, 5.74) is 0. The summed E-state index contributed by atoms with van der Waals surface area (Å²) in [4.78, 5) is 20.2. The average Bonchev–Trinajstić information content (AvgIpc) is 2.08. The average molecular weight is 248 g/mol. The monoisotopic (exact) mass is 248 g/mol. The van der Waals surface area contributed by atoms with Crippen molar-refractivity contribution in [2.75, 3.05) is 0 Å². The van der Waals surface area contributed by atoms with E-state index in [4.69, 9.17) is 10.2 Å². The molecule has 84 valence electrons. The number of rotatable bonds is 8. The Labute approximate surface area is 143 Å². The molecule has 0 aromatic carbocycles. The zero-order valence-electron chi connectivity index (χ0n) is 12.1. The van der Waals surface area contributed by atoms with Gasteiger partial charge in [-0.15, -0.1) is 0 Å². The van der Waals surface area contributed by atoms with Crippen molar-refractivity contribution in [1.29, 1.82) is 0 Å². The third-order valence-electron chi connectivity index (χ3n) is 1.77. The number of hydrogen-bond donors (Lipinski definition) is 2. The van der Waals surface area contributed by atoms with Gasteiger partial charge in [-0.2, -0.15) is 0 Å². The zero-order valence-corrected chi connectivity index (χ0v) is 14.1. The molecule has 0 amide bonds. The van der Waals surface area contributed by atoms with Gasteiger partial charge in [0.1, 0.15) is 0 Å². The fourth-order valence-electron chi connectivity index (χ4n) is 1.08. The fraction of sp³-hybridized carbons (Fsp3) is 0.600. The molecule has 2 N–H and O–H groups in total. The van der Waals surface area contributed by atoms with Gasteiger partial charge in [0.2, 0.25) is 0 Å². The van der Waals surface area contributed by atoms with Gasteiger partial charge in [-0.05, 0) is 19.3 Å². The molecule has 0 saturated heterocycles. The largest absolute Gasteiger partial charge is 1.00 e. The van der Waals surface area contributed by atoms with Crippen LogP contribution in [0.25, 0.3) is 0 Å². The Kier molecular flexibility index (Phi) is 21.5. The molecule has 6 heteroatoms. The van der Waals surface area contributed by atoms with Gasteiger partial charge in [-0.25, -0.2) is 4.79 Å². The van der Waals surface area contributed by atoms with Crippen molar-refractivity contribution < 1.29 is 81.8 Å². The van der Waals surface area contributed by atoms with Crippen LogP contribution in [0.1, 0.15) is 41.4 Å². The molecule has 0 radical (unpaired) electrons. The van der Waals surface area contributed by atoms with Crippen molar-refractivity contribution >= 4 is 11.9 Å². The number of aliphatic carboxylic acids is 2. The molecule has 16 heavy (non-hydrogen) atoms. The summed E-state index contributed by atoms with van der Waals surface area (Å²) in [5, 5.41) is 16.6. The molecule has 0 aliphatic rings. The quantitative estimate of drug-likeness (QED) is 0.263. The van der Waals surface area contributed by atoms with Gasteiger partial charge in [0, 0.05) is 12.5 Å². The van der Waals surface area contributed by atoms with Crippen molar-refractivity contribution in [3.8, 4) is 0 Å². The molecular weight excluding hydrogens is 230 g/mol. The Balaban J connectivity index is -0.000000141. The van der Waals surface area contributed by atoms with Gasteiger partial charge in [-0.3, -0.25) is 4.79 Å². The van der Waals surface area contributed by atoms with Gasteiger partial charge in [-0.1, -0.05) is 18.9 Å². The van der Waals surface area contributed by atoms with Crippen LogP contribution in [0.15, 0.2) is 12.2 Å². The topological polar surface area (TPSA) is 74.6 Å². The third kappa shape index (κ3) is 20.1. The van der Waals surface area contributed by atoms with E-state index in [0.29, 0.717) is 6.42 Å². The van der Waals surface area contributed by atoms with Crippen molar-refractivity contribution in [3.63, 3.8) is 0 Å². The van der Waals surface area contributed by atoms with Crippen LogP contribution in [0.3, 0.4) is 0 Å². The van der Waals surface area contributed by atoms with E-state index in [9.17, 15) is 9.59 Å². The first-order valence-corrected chi connectivity index (χ1v) is 4.74. The first-order valence-electron chi connectivity index (χ1n) is 4.74. The van der Waals surface area contributed by atoms with E-state index in [2.05, 4.69) is 0 Å². The predicted octanol–water partition coefficient (Wildman–Crippen LogP) is -3.71.